The summed E-state index contributed by atoms with van der Waals surface area (Å²) in [6.45, 7) is 0.420. The topological polar surface area (TPSA) is 127 Å². The molecule has 3 saturated carbocycles. The van der Waals surface area contributed by atoms with Gasteiger partial charge in [0, 0.05) is 22.8 Å². The summed E-state index contributed by atoms with van der Waals surface area (Å²) in [4.78, 5) is 0. The van der Waals surface area contributed by atoms with Gasteiger partial charge in [0.05, 0.1) is 12.3 Å². The molecule has 2 atom stereocenters. The molecule has 2 aromatic carbocycles. The lowest BCUT2D eigenvalue weighted by Gasteiger charge is -2.74. The minimum absolute atomic E-state index is 0.0293. The van der Waals surface area contributed by atoms with Crippen LogP contribution in [0.3, 0.4) is 0 Å². The summed E-state index contributed by atoms with van der Waals surface area (Å²) in [5, 5.41) is 31.7. The van der Waals surface area contributed by atoms with Crippen molar-refractivity contribution in [2.45, 2.75) is 55.8 Å². The molecule has 40 heavy (non-hydrogen) atoms. The van der Waals surface area contributed by atoms with Gasteiger partial charge < -0.3 is 14.9 Å². The van der Waals surface area contributed by atoms with Crippen LogP contribution < -0.4 is 4.74 Å². The summed E-state index contributed by atoms with van der Waals surface area (Å²) in [6.07, 6.45) is -0.0793. The molecule has 3 fully saturated rings. The van der Waals surface area contributed by atoms with E-state index in [0.29, 0.717) is 11.8 Å². The minimum atomic E-state index is -3.83. The zero-order valence-electron chi connectivity index (χ0n) is 21.5. The van der Waals surface area contributed by atoms with E-state index < -0.39 is 67.8 Å². The Balaban J connectivity index is 1.31. The predicted octanol–water partition coefficient (Wildman–Crippen LogP) is 2.77. The van der Waals surface area contributed by atoms with Gasteiger partial charge in [-0.3, -0.25) is 0 Å². The van der Waals surface area contributed by atoms with Crippen molar-refractivity contribution in [3.63, 3.8) is 0 Å². The summed E-state index contributed by atoms with van der Waals surface area (Å²) >= 11 is 0. The van der Waals surface area contributed by atoms with Crippen LogP contribution in [0.5, 0.6) is 5.75 Å². The molecular weight excluding hydrogens is 556 g/mol. The van der Waals surface area contributed by atoms with Gasteiger partial charge in [-0.1, -0.05) is 19.1 Å². The first-order valence-electron chi connectivity index (χ1n) is 12.6. The van der Waals surface area contributed by atoms with Crippen LogP contribution in [0.15, 0.2) is 48.8 Å². The number of hydrogen-bond acceptors (Lipinski definition) is 8. The van der Waals surface area contributed by atoms with Gasteiger partial charge in [0.15, 0.2) is 15.4 Å². The van der Waals surface area contributed by atoms with Gasteiger partial charge in [0.1, 0.15) is 36.4 Å². The molecular formula is C26H28F4N4O5S. The van der Waals surface area contributed by atoms with E-state index in [2.05, 4.69) is 15.5 Å². The number of aliphatic hydroxyl groups is 2. The number of ether oxygens (including phenoxy) is 1. The highest BCUT2D eigenvalue weighted by Crippen LogP contribution is 2.80. The number of rotatable bonds is 12. The fourth-order valence-electron chi connectivity index (χ4n) is 6.09. The zero-order chi connectivity index (χ0) is 29.0. The summed E-state index contributed by atoms with van der Waals surface area (Å²) < 4.78 is 90.6. The Morgan fingerprint density at radius 3 is 2.38 bits per heavy atom. The second kappa shape index (κ2) is 9.77. The first kappa shape index (κ1) is 28.4. The Kier molecular flexibility index (Phi) is 6.94. The fourth-order valence-corrected chi connectivity index (χ4v) is 7.01. The maximum Gasteiger partial charge on any atom is 0.287 e. The largest absolute Gasteiger partial charge is 0.491 e. The molecule has 216 valence electrons. The Labute approximate surface area is 227 Å². The van der Waals surface area contributed by atoms with Crippen molar-refractivity contribution in [1.82, 2.24) is 20.2 Å². The first-order valence-corrected chi connectivity index (χ1v) is 14.5. The second-order valence-electron chi connectivity index (χ2n) is 10.8. The van der Waals surface area contributed by atoms with Crippen LogP contribution in [0.25, 0.3) is 0 Å². The van der Waals surface area contributed by atoms with Crippen molar-refractivity contribution >= 4 is 9.84 Å². The lowest BCUT2D eigenvalue weighted by molar-refractivity contribution is -0.347. The summed E-state index contributed by atoms with van der Waals surface area (Å²) in [5.74, 6) is -6.22. The highest BCUT2D eigenvalue weighted by molar-refractivity contribution is 7.91. The quantitative estimate of drug-likeness (QED) is 0.311. The van der Waals surface area contributed by atoms with E-state index in [9.17, 15) is 27.4 Å². The van der Waals surface area contributed by atoms with Crippen molar-refractivity contribution in [2.24, 2.45) is 5.41 Å². The van der Waals surface area contributed by atoms with E-state index in [4.69, 9.17) is 4.74 Å². The Morgan fingerprint density at radius 1 is 1.12 bits per heavy atom. The lowest BCUT2D eigenvalue weighted by Crippen LogP contribution is -2.76. The molecule has 1 heterocycles. The minimum Gasteiger partial charge on any atom is -0.491 e. The number of tetrazole rings is 1. The number of benzene rings is 2. The maximum atomic E-state index is 16.3. The van der Waals surface area contributed by atoms with Crippen molar-refractivity contribution in [2.75, 3.05) is 18.1 Å². The van der Waals surface area contributed by atoms with E-state index >= 15 is 8.78 Å². The summed E-state index contributed by atoms with van der Waals surface area (Å²) in [5.41, 5.74) is -5.21. The van der Waals surface area contributed by atoms with Crippen LogP contribution in [0.2, 0.25) is 0 Å². The average Bonchev–Trinajstić information content (AvgIpc) is 3.34. The Bertz CT molecular complexity index is 1470. The van der Waals surface area contributed by atoms with Gasteiger partial charge in [-0.05, 0) is 64.9 Å². The van der Waals surface area contributed by atoms with Crippen LogP contribution in [-0.4, -0.2) is 69.0 Å². The number of aliphatic hydroxyl groups excluding tert-OH is 1. The van der Waals surface area contributed by atoms with Crippen LogP contribution >= 0.6 is 0 Å². The molecule has 3 aliphatic rings. The number of aromatic nitrogens is 4. The maximum absolute atomic E-state index is 16.3. The monoisotopic (exact) mass is 584 g/mol. The molecule has 3 aliphatic carbocycles. The van der Waals surface area contributed by atoms with Gasteiger partial charge in [-0.15, -0.1) is 5.10 Å². The number of nitrogens with zero attached hydrogens (tertiary/aromatic N) is 4. The highest BCUT2D eigenvalue weighted by Gasteiger charge is 2.82. The van der Waals surface area contributed by atoms with Gasteiger partial charge >= 0.3 is 0 Å². The van der Waals surface area contributed by atoms with Crippen molar-refractivity contribution in [3.05, 3.63) is 71.6 Å². The molecule has 1 aromatic heterocycles. The van der Waals surface area contributed by atoms with Crippen LogP contribution in [0, 0.1) is 17.0 Å². The molecule has 0 aliphatic heterocycles. The van der Waals surface area contributed by atoms with Crippen molar-refractivity contribution in [1.29, 1.82) is 0 Å². The first-order chi connectivity index (χ1) is 18.7. The Morgan fingerprint density at radius 2 is 1.80 bits per heavy atom. The van der Waals surface area contributed by atoms with E-state index in [-0.39, 0.29) is 31.6 Å². The third-order valence-corrected chi connectivity index (χ3v) is 9.94. The lowest BCUT2D eigenvalue weighted by atomic mass is 9.30. The molecule has 14 heteroatoms. The number of sulfone groups is 1. The van der Waals surface area contributed by atoms with Crippen LogP contribution in [0.4, 0.5) is 17.6 Å². The van der Waals surface area contributed by atoms with Crippen molar-refractivity contribution < 1.29 is 40.9 Å². The smallest absolute Gasteiger partial charge is 0.287 e. The van der Waals surface area contributed by atoms with Gasteiger partial charge in [-0.25, -0.2) is 30.7 Å². The standard InChI is InChI=1S/C26H28F4N4O5S/c1-2-40(37,38)11-19(35)10-39-20-6-3-17(4-7-20)23-12-24(13-23,14-23)26(29,30)25(36,15-34-16-31-32-33-34)21-8-5-18(27)9-22(21)28/h3-9,16,19,35-36H,2,10-15H2,1H3. The highest BCUT2D eigenvalue weighted by atomic mass is 32.2. The van der Waals surface area contributed by atoms with E-state index in [1.165, 1.54) is 6.92 Å². The number of alkyl halides is 2. The molecule has 2 bridgehead atoms. The molecule has 0 saturated heterocycles. The second-order valence-corrected chi connectivity index (χ2v) is 13.2. The van der Waals surface area contributed by atoms with E-state index in [1.54, 1.807) is 24.3 Å². The molecule has 9 nitrogen and oxygen atoms in total. The van der Waals surface area contributed by atoms with E-state index in [0.717, 1.165) is 28.7 Å². The predicted molar refractivity (Wildman–Crippen MR) is 133 cm³/mol. The summed E-state index contributed by atoms with van der Waals surface area (Å²) in [7, 11) is -3.36. The molecule has 3 aromatic rings. The summed E-state index contributed by atoms with van der Waals surface area (Å²) in [6, 6.07) is 8.75. The fraction of sp³-hybridized carbons (Fsp3) is 0.500. The SMILES string of the molecule is CCS(=O)(=O)CC(O)COc1ccc(C23CC(C(F)(F)C(O)(Cn4cnnn4)c4ccc(F)cc4F)(C2)C3)cc1. The molecule has 6 rings (SSSR count). The average molecular weight is 585 g/mol. The van der Waals surface area contributed by atoms with Gasteiger partial charge in [-0.2, -0.15) is 0 Å². The number of halogens is 4. The van der Waals surface area contributed by atoms with E-state index in [1.807, 2.05) is 0 Å². The normalized spacial score (nSPS) is 24.5. The van der Waals surface area contributed by atoms with Gasteiger partial charge in [0.25, 0.3) is 5.92 Å². The van der Waals surface area contributed by atoms with Crippen LogP contribution in [-0.2, 0) is 27.4 Å². The molecule has 2 unspecified atom stereocenters. The zero-order valence-corrected chi connectivity index (χ0v) is 22.3. The molecule has 0 radical (unpaired) electrons. The third kappa shape index (κ3) is 4.65. The number of hydrogen-bond donors (Lipinski definition) is 2. The molecule has 0 spiro atoms. The Hall–Kier alpha value is -3.10. The molecule has 2 N–H and O–H groups in total. The third-order valence-electron chi connectivity index (χ3n) is 8.17. The van der Waals surface area contributed by atoms with Crippen LogP contribution in [0.1, 0.15) is 37.3 Å². The molecule has 0 amide bonds. The van der Waals surface area contributed by atoms with Crippen molar-refractivity contribution in [3.8, 4) is 5.75 Å². The van der Waals surface area contributed by atoms with Gasteiger partial charge in [0.2, 0.25) is 0 Å².